The first-order valence-electron chi connectivity index (χ1n) is 9.21. The second-order valence-electron chi connectivity index (χ2n) is 7.36. The van der Waals surface area contributed by atoms with E-state index in [0.29, 0.717) is 23.9 Å². The Bertz CT molecular complexity index is 1320. The molecule has 0 saturated heterocycles. The minimum Gasteiger partial charge on any atom is -0.326 e. The number of sulfone groups is 1. The molecule has 1 fully saturated rings. The molecule has 6 nitrogen and oxygen atoms in total. The number of imidazole rings is 1. The SMILES string of the molecule is CCS(=O)(=O)c1cc(C2(C#N)CC2)ccc1-c1nc2cc(C(F)(F)F)ncc2n1C. The van der Waals surface area contributed by atoms with E-state index in [2.05, 4.69) is 16.0 Å². The summed E-state index contributed by atoms with van der Waals surface area (Å²) in [5.74, 6) is 0.0544. The predicted octanol–water partition coefficient (Wildman–Crippen LogP) is 4.00. The highest BCUT2D eigenvalue weighted by Gasteiger charge is 2.45. The Morgan fingerprint density at radius 3 is 2.53 bits per heavy atom. The summed E-state index contributed by atoms with van der Waals surface area (Å²) in [6.07, 6.45) is -2.22. The van der Waals surface area contributed by atoms with Crippen molar-refractivity contribution in [3.8, 4) is 17.5 Å². The zero-order chi connectivity index (χ0) is 21.9. The molecule has 2 aromatic heterocycles. The summed E-state index contributed by atoms with van der Waals surface area (Å²) in [6.45, 7) is 1.51. The number of nitrogens with zero attached hydrogens (tertiary/aromatic N) is 4. The Hall–Kier alpha value is -2.93. The van der Waals surface area contributed by atoms with Crippen LogP contribution in [0.25, 0.3) is 22.4 Å². The van der Waals surface area contributed by atoms with Crippen LogP contribution >= 0.6 is 0 Å². The van der Waals surface area contributed by atoms with E-state index in [0.717, 1.165) is 12.3 Å². The molecule has 0 aliphatic heterocycles. The smallest absolute Gasteiger partial charge is 0.326 e. The van der Waals surface area contributed by atoms with Crippen molar-refractivity contribution in [3.05, 3.63) is 41.7 Å². The molecule has 0 bridgehead atoms. The van der Waals surface area contributed by atoms with Crippen LogP contribution in [0.1, 0.15) is 31.0 Å². The number of alkyl halides is 3. The molecule has 2 heterocycles. The maximum atomic E-state index is 13.0. The molecule has 0 radical (unpaired) electrons. The number of fused-ring (bicyclic) bond motifs is 1. The molecule has 1 saturated carbocycles. The molecule has 0 atom stereocenters. The highest BCUT2D eigenvalue weighted by Crippen LogP contribution is 2.48. The average molecular weight is 434 g/mol. The van der Waals surface area contributed by atoms with E-state index in [9.17, 15) is 26.9 Å². The summed E-state index contributed by atoms with van der Waals surface area (Å²) in [5, 5.41) is 9.46. The Morgan fingerprint density at radius 1 is 1.27 bits per heavy atom. The fourth-order valence-electron chi connectivity index (χ4n) is 3.49. The first kappa shape index (κ1) is 20.3. The van der Waals surface area contributed by atoms with Gasteiger partial charge in [-0.3, -0.25) is 0 Å². The van der Waals surface area contributed by atoms with Crippen LogP contribution in [-0.2, 0) is 28.5 Å². The molecule has 0 unspecified atom stereocenters. The van der Waals surface area contributed by atoms with Crippen molar-refractivity contribution in [3.63, 3.8) is 0 Å². The molecule has 1 aliphatic rings. The summed E-state index contributed by atoms with van der Waals surface area (Å²) in [4.78, 5) is 7.77. The number of benzene rings is 1. The van der Waals surface area contributed by atoms with Crippen molar-refractivity contribution >= 4 is 20.9 Å². The molecule has 0 N–H and O–H groups in total. The average Bonchev–Trinajstić information content (AvgIpc) is 3.45. The fourth-order valence-corrected chi connectivity index (χ4v) is 4.60. The highest BCUT2D eigenvalue weighted by molar-refractivity contribution is 7.91. The first-order chi connectivity index (χ1) is 14.0. The third-order valence-electron chi connectivity index (χ3n) is 5.51. The standard InChI is InChI=1S/C20H17F3N4O2S/c1-3-30(28,29)16-8-12(19(11-24)6-7-19)4-5-13(16)18-26-14-9-17(20(21,22)23)25-10-15(14)27(18)2/h4-5,8-10H,3,6-7H2,1-2H3. The quantitative estimate of drug-likeness (QED) is 0.619. The van der Waals surface area contributed by atoms with Crippen LogP contribution in [0.5, 0.6) is 0 Å². The number of aryl methyl sites for hydroxylation is 1. The minimum atomic E-state index is -4.61. The lowest BCUT2D eigenvalue weighted by Gasteiger charge is -2.14. The molecule has 30 heavy (non-hydrogen) atoms. The van der Waals surface area contributed by atoms with E-state index in [4.69, 9.17) is 0 Å². The summed E-state index contributed by atoms with van der Waals surface area (Å²) in [6, 6.07) is 7.87. The third-order valence-corrected chi connectivity index (χ3v) is 7.28. The van der Waals surface area contributed by atoms with Gasteiger partial charge in [0, 0.05) is 12.6 Å². The number of pyridine rings is 1. The molecule has 0 spiro atoms. The number of rotatable bonds is 4. The molecule has 1 aliphatic carbocycles. The zero-order valence-electron chi connectivity index (χ0n) is 16.2. The Kier molecular flexibility index (Phi) is 4.43. The number of aromatic nitrogens is 3. The van der Waals surface area contributed by atoms with E-state index in [1.165, 1.54) is 17.6 Å². The Labute approximate surface area is 170 Å². The van der Waals surface area contributed by atoms with Gasteiger partial charge < -0.3 is 4.57 Å². The van der Waals surface area contributed by atoms with Gasteiger partial charge in [0.15, 0.2) is 9.84 Å². The van der Waals surface area contributed by atoms with Crippen LogP contribution < -0.4 is 0 Å². The van der Waals surface area contributed by atoms with Gasteiger partial charge in [0.2, 0.25) is 0 Å². The van der Waals surface area contributed by atoms with Gasteiger partial charge in [0.05, 0.1) is 39.4 Å². The van der Waals surface area contributed by atoms with Crippen LogP contribution in [0, 0.1) is 11.3 Å². The maximum Gasteiger partial charge on any atom is 0.433 e. The van der Waals surface area contributed by atoms with Gasteiger partial charge in [0.25, 0.3) is 0 Å². The van der Waals surface area contributed by atoms with Crippen molar-refractivity contribution in [1.29, 1.82) is 5.26 Å². The van der Waals surface area contributed by atoms with Crippen LogP contribution in [-0.4, -0.2) is 28.7 Å². The number of nitriles is 1. The van der Waals surface area contributed by atoms with Gasteiger partial charge in [-0.05, 0) is 36.6 Å². The zero-order valence-corrected chi connectivity index (χ0v) is 17.0. The van der Waals surface area contributed by atoms with E-state index >= 15 is 0 Å². The number of hydrogen-bond donors (Lipinski definition) is 0. The Morgan fingerprint density at radius 2 is 1.97 bits per heavy atom. The van der Waals surface area contributed by atoms with Gasteiger partial charge in [-0.15, -0.1) is 0 Å². The Balaban J connectivity index is 1.95. The lowest BCUT2D eigenvalue weighted by Crippen LogP contribution is -2.10. The normalized spacial score (nSPS) is 15.9. The van der Waals surface area contributed by atoms with E-state index in [1.54, 1.807) is 19.2 Å². The molecule has 3 aromatic rings. The van der Waals surface area contributed by atoms with Crippen LogP contribution in [0.4, 0.5) is 13.2 Å². The van der Waals surface area contributed by atoms with Crippen molar-refractivity contribution in [2.45, 2.75) is 36.3 Å². The molecule has 1 aromatic carbocycles. The van der Waals surface area contributed by atoms with Crippen LogP contribution in [0.2, 0.25) is 0 Å². The lowest BCUT2D eigenvalue weighted by molar-refractivity contribution is -0.141. The van der Waals surface area contributed by atoms with Gasteiger partial charge >= 0.3 is 6.18 Å². The van der Waals surface area contributed by atoms with E-state index < -0.39 is 27.1 Å². The van der Waals surface area contributed by atoms with Gasteiger partial charge in [0.1, 0.15) is 11.5 Å². The first-order valence-corrected chi connectivity index (χ1v) is 10.9. The van der Waals surface area contributed by atoms with E-state index in [1.807, 2.05) is 0 Å². The fraction of sp³-hybridized carbons (Fsp3) is 0.350. The largest absolute Gasteiger partial charge is 0.433 e. The monoisotopic (exact) mass is 434 g/mol. The molecule has 156 valence electrons. The summed E-state index contributed by atoms with van der Waals surface area (Å²) < 4.78 is 66.2. The minimum absolute atomic E-state index is 0.0198. The van der Waals surface area contributed by atoms with Crippen LogP contribution in [0.3, 0.4) is 0 Å². The summed E-state index contributed by atoms with van der Waals surface area (Å²) in [5.41, 5.74) is -0.427. The molecular weight excluding hydrogens is 417 g/mol. The predicted molar refractivity (Wildman–Crippen MR) is 103 cm³/mol. The van der Waals surface area contributed by atoms with Crippen molar-refractivity contribution in [2.24, 2.45) is 7.05 Å². The lowest BCUT2D eigenvalue weighted by atomic mass is 9.96. The number of halogens is 3. The maximum absolute atomic E-state index is 13.0. The molecule has 4 rings (SSSR count). The summed E-state index contributed by atoms with van der Waals surface area (Å²) >= 11 is 0. The van der Waals surface area contributed by atoms with Gasteiger partial charge in [-0.2, -0.15) is 18.4 Å². The third kappa shape index (κ3) is 3.13. The second-order valence-corrected chi connectivity index (χ2v) is 9.61. The van der Waals surface area contributed by atoms with E-state index in [-0.39, 0.29) is 27.6 Å². The second kappa shape index (κ2) is 6.54. The molecule has 10 heteroatoms. The summed E-state index contributed by atoms with van der Waals surface area (Å²) in [7, 11) is -2.09. The van der Waals surface area contributed by atoms with Gasteiger partial charge in [-0.25, -0.2) is 18.4 Å². The van der Waals surface area contributed by atoms with Crippen molar-refractivity contribution < 1.29 is 21.6 Å². The molecule has 0 amide bonds. The van der Waals surface area contributed by atoms with Crippen LogP contribution in [0.15, 0.2) is 35.4 Å². The number of hydrogen-bond acceptors (Lipinski definition) is 5. The topological polar surface area (TPSA) is 88.6 Å². The van der Waals surface area contributed by atoms with Crippen molar-refractivity contribution in [1.82, 2.24) is 14.5 Å². The van der Waals surface area contributed by atoms with Crippen molar-refractivity contribution in [2.75, 3.05) is 5.75 Å². The molecular formula is C20H17F3N4O2S. The highest BCUT2D eigenvalue weighted by atomic mass is 32.2. The van der Waals surface area contributed by atoms with Gasteiger partial charge in [-0.1, -0.05) is 13.0 Å².